The summed E-state index contributed by atoms with van der Waals surface area (Å²) in [6.07, 6.45) is 0. The molecular formula is C29H29FN4O6S. The second-order valence-electron chi connectivity index (χ2n) is 9.76. The fourth-order valence-corrected chi connectivity index (χ4v) is 5.52. The summed E-state index contributed by atoms with van der Waals surface area (Å²) < 4.78 is 50.9. The van der Waals surface area contributed by atoms with Crippen LogP contribution < -0.4 is 14.8 Å². The van der Waals surface area contributed by atoms with Gasteiger partial charge >= 0.3 is 5.97 Å². The molecular weight excluding hydrogens is 551 g/mol. The Kier molecular flexibility index (Phi) is 8.27. The molecule has 1 amide bonds. The Hall–Kier alpha value is -4.55. The first-order valence-electron chi connectivity index (χ1n) is 12.6. The van der Waals surface area contributed by atoms with Crippen LogP contribution in [0.1, 0.15) is 51.4 Å². The number of halogens is 1. The summed E-state index contributed by atoms with van der Waals surface area (Å²) in [5.74, 6) is -2.93. The van der Waals surface area contributed by atoms with Gasteiger partial charge in [-0.15, -0.1) is 0 Å². The Morgan fingerprint density at radius 1 is 1.02 bits per heavy atom. The molecule has 0 fully saturated rings. The minimum Gasteiger partial charge on any atom is -0.476 e. The van der Waals surface area contributed by atoms with Gasteiger partial charge in [0.25, 0.3) is 5.91 Å². The molecule has 0 saturated heterocycles. The number of carbonyl (C=O) groups excluding carboxylic acids is 1. The number of ether oxygens (including phenoxy) is 1. The van der Waals surface area contributed by atoms with Crippen LogP contribution in [0.25, 0.3) is 5.69 Å². The highest BCUT2D eigenvalue weighted by molar-refractivity contribution is 7.89. The number of sulfonamides is 1. The predicted octanol–water partition coefficient (Wildman–Crippen LogP) is 5.37. The average Bonchev–Trinajstić information content (AvgIpc) is 3.21. The molecule has 41 heavy (non-hydrogen) atoms. The first kappa shape index (κ1) is 29.4. The lowest BCUT2D eigenvalue weighted by atomic mass is 10.1. The number of carbonyl (C=O) groups is 2. The topological polar surface area (TPSA) is 140 Å². The fourth-order valence-electron chi connectivity index (χ4n) is 4.12. The summed E-state index contributed by atoms with van der Waals surface area (Å²) in [4.78, 5) is 24.3. The molecule has 0 radical (unpaired) electrons. The van der Waals surface area contributed by atoms with Crippen molar-refractivity contribution < 1.29 is 32.2 Å². The summed E-state index contributed by atoms with van der Waals surface area (Å²) in [6.45, 7) is 8.48. The smallest absolute Gasteiger partial charge is 0.356 e. The lowest BCUT2D eigenvalue weighted by Gasteiger charge is -2.17. The van der Waals surface area contributed by atoms with Crippen molar-refractivity contribution in [3.63, 3.8) is 0 Å². The molecule has 1 heterocycles. The highest BCUT2D eigenvalue weighted by Gasteiger charge is 2.27. The molecule has 0 aliphatic rings. The van der Waals surface area contributed by atoms with E-state index >= 15 is 0 Å². The van der Waals surface area contributed by atoms with Crippen molar-refractivity contribution in [1.82, 2.24) is 14.5 Å². The molecule has 3 N–H and O–H groups in total. The molecule has 12 heteroatoms. The van der Waals surface area contributed by atoms with E-state index in [1.807, 2.05) is 26.0 Å². The zero-order valence-electron chi connectivity index (χ0n) is 23.0. The van der Waals surface area contributed by atoms with Crippen LogP contribution in [0.4, 0.5) is 10.1 Å². The molecule has 214 valence electrons. The van der Waals surface area contributed by atoms with E-state index in [1.54, 1.807) is 19.9 Å². The number of hydrogen-bond acceptors (Lipinski definition) is 6. The van der Waals surface area contributed by atoms with Crippen molar-refractivity contribution in [2.45, 2.75) is 45.6 Å². The average molecular weight is 581 g/mol. The van der Waals surface area contributed by atoms with E-state index in [0.29, 0.717) is 5.69 Å². The molecule has 0 spiro atoms. The standard InChI is InChI=1S/C29H29FN4O6S/c1-16(2)33-41(38,39)25-15-20(31-27(35)21-8-6-7-9-22(21)30)12-13-24(25)40-28-19(5)26(29(36)37)32-34(28)23-14-17(3)10-11-18(23)4/h6-16,33H,1-5H3,(H,31,35)(H,36,37). The van der Waals surface area contributed by atoms with Crippen LogP contribution in [-0.2, 0) is 10.0 Å². The summed E-state index contributed by atoms with van der Waals surface area (Å²) in [5, 5.41) is 16.5. The second kappa shape index (κ2) is 11.5. The number of benzene rings is 3. The summed E-state index contributed by atoms with van der Waals surface area (Å²) in [5.41, 5.74) is 1.98. The number of hydrogen-bond donors (Lipinski definition) is 3. The van der Waals surface area contributed by atoms with Gasteiger partial charge in [-0.2, -0.15) is 9.78 Å². The Morgan fingerprint density at radius 3 is 2.39 bits per heavy atom. The van der Waals surface area contributed by atoms with Crippen LogP contribution in [0, 0.1) is 26.6 Å². The molecule has 0 atom stereocenters. The van der Waals surface area contributed by atoms with Crippen molar-refractivity contribution in [3.8, 4) is 17.3 Å². The Bertz CT molecular complexity index is 1770. The van der Waals surface area contributed by atoms with Gasteiger partial charge in [-0.25, -0.2) is 22.3 Å². The number of rotatable bonds is 9. The van der Waals surface area contributed by atoms with E-state index in [1.165, 1.54) is 48.0 Å². The minimum absolute atomic E-state index is 0.000221. The Balaban J connectivity index is 1.84. The van der Waals surface area contributed by atoms with Crippen LogP contribution in [0.5, 0.6) is 11.6 Å². The van der Waals surface area contributed by atoms with E-state index in [4.69, 9.17) is 4.74 Å². The van der Waals surface area contributed by atoms with Gasteiger partial charge in [0.1, 0.15) is 16.5 Å². The number of aromatic nitrogens is 2. The van der Waals surface area contributed by atoms with Crippen molar-refractivity contribution >= 4 is 27.6 Å². The van der Waals surface area contributed by atoms with Gasteiger partial charge in [0.05, 0.1) is 11.3 Å². The van der Waals surface area contributed by atoms with E-state index in [-0.39, 0.29) is 39.0 Å². The number of aryl methyl sites for hydroxylation is 2. The van der Waals surface area contributed by atoms with E-state index in [2.05, 4.69) is 15.1 Å². The van der Waals surface area contributed by atoms with Gasteiger partial charge in [0, 0.05) is 17.3 Å². The zero-order chi connectivity index (χ0) is 30.1. The Morgan fingerprint density at radius 2 is 1.73 bits per heavy atom. The molecule has 0 bridgehead atoms. The van der Waals surface area contributed by atoms with Gasteiger partial charge in [0.15, 0.2) is 5.69 Å². The van der Waals surface area contributed by atoms with E-state index < -0.39 is 33.8 Å². The molecule has 0 unspecified atom stereocenters. The molecule has 0 aliphatic heterocycles. The van der Waals surface area contributed by atoms with Crippen molar-refractivity contribution in [2.24, 2.45) is 0 Å². The first-order valence-corrected chi connectivity index (χ1v) is 14.1. The highest BCUT2D eigenvalue weighted by atomic mass is 32.2. The maximum absolute atomic E-state index is 14.2. The van der Waals surface area contributed by atoms with Crippen LogP contribution in [-0.4, -0.2) is 41.2 Å². The number of anilines is 1. The molecule has 4 rings (SSSR count). The Labute approximate surface area is 236 Å². The third-order valence-corrected chi connectivity index (χ3v) is 7.75. The first-order chi connectivity index (χ1) is 19.3. The van der Waals surface area contributed by atoms with E-state index in [9.17, 15) is 27.5 Å². The molecule has 4 aromatic rings. The number of aromatic carboxylic acids is 1. The monoisotopic (exact) mass is 580 g/mol. The van der Waals surface area contributed by atoms with E-state index in [0.717, 1.165) is 17.2 Å². The zero-order valence-corrected chi connectivity index (χ0v) is 23.8. The van der Waals surface area contributed by atoms with Gasteiger partial charge in [-0.1, -0.05) is 24.3 Å². The van der Waals surface area contributed by atoms with Gasteiger partial charge < -0.3 is 15.2 Å². The molecule has 10 nitrogen and oxygen atoms in total. The molecule has 0 saturated carbocycles. The SMILES string of the molecule is Cc1ccc(C)c(-n2nc(C(=O)O)c(C)c2Oc2ccc(NC(=O)c3ccccc3F)cc2S(=O)(=O)NC(C)C)c1. The molecule has 0 aliphatic carbocycles. The van der Waals surface area contributed by atoms with Crippen molar-refractivity contribution in [3.05, 3.63) is 94.4 Å². The van der Waals surface area contributed by atoms with Crippen LogP contribution in [0.3, 0.4) is 0 Å². The quantitative estimate of drug-likeness (QED) is 0.242. The summed E-state index contributed by atoms with van der Waals surface area (Å²) >= 11 is 0. The number of carboxylic acid groups (broad SMARTS) is 1. The summed E-state index contributed by atoms with van der Waals surface area (Å²) in [7, 11) is -4.20. The highest BCUT2D eigenvalue weighted by Crippen LogP contribution is 2.36. The maximum atomic E-state index is 14.2. The second-order valence-corrected chi connectivity index (χ2v) is 11.4. The van der Waals surface area contributed by atoms with Gasteiger partial charge in [0.2, 0.25) is 15.9 Å². The lowest BCUT2D eigenvalue weighted by molar-refractivity contribution is 0.0689. The normalized spacial score (nSPS) is 11.5. The third kappa shape index (κ3) is 6.28. The van der Waals surface area contributed by atoms with Gasteiger partial charge in [-0.05, 0) is 82.1 Å². The van der Waals surface area contributed by atoms with Crippen molar-refractivity contribution in [2.75, 3.05) is 5.32 Å². The largest absolute Gasteiger partial charge is 0.476 e. The molecule has 3 aromatic carbocycles. The number of carboxylic acids is 1. The number of nitrogens with zero attached hydrogens (tertiary/aromatic N) is 2. The van der Waals surface area contributed by atoms with Crippen LogP contribution in [0.15, 0.2) is 65.6 Å². The lowest BCUT2D eigenvalue weighted by Crippen LogP contribution is -2.30. The van der Waals surface area contributed by atoms with Crippen LogP contribution in [0.2, 0.25) is 0 Å². The summed E-state index contributed by atoms with van der Waals surface area (Å²) in [6, 6.07) is 14.4. The van der Waals surface area contributed by atoms with Crippen LogP contribution >= 0.6 is 0 Å². The number of amides is 1. The molecule has 1 aromatic heterocycles. The van der Waals surface area contributed by atoms with Gasteiger partial charge in [-0.3, -0.25) is 4.79 Å². The fraction of sp³-hybridized carbons (Fsp3) is 0.207. The minimum atomic E-state index is -4.20. The number of nitrogens with one attached hydrogen (secondary N) is 2. The third-order valence-electron chi connectivity index (χ3n) is 6.07. The van der Waals surface area contributed by atoms with Crippen molar-refractivity contribution in [1.29, 1.82) is 0 Å². The predicted molar refractivity (Wildman–Crippen MR) is 151 cm³/mol. The maximum Gasteiger partial charge on any atom is 0.356 e.